The Hall–Kier alpha value is -3.66. The lowest BCUT2D eigenvalue weighted by Gasteiger charge is -2.36. The van der Waals surface area contributed by atoms with E-state index in [1.54, 1.807) is 59.9 Å². The van der Waals surface area contributed by atoms with Gasteiger partial charge in [-0.2, -0.15) is 11.3 Å². The number of amides is 2. The first-order valence-corrected chi connectivity index (χ1v) is 13.6. The lowest BCUT2D eigenvalue weighted by molar-refractivity contribution is -0.166. The zero-order valence-electron chi connectivity index (χ0n) is 21.3. The monoisotopic (exact) mass is 535 g/mol. The zero-order valence-corrected chi connectivity index (χ0v) is 22.1. The number of rotatable bonds is 11. The van der Waals surface area contributed by atoms with E-state index in [0.717, 1.165) is 11.1 Å². The maximum Gasteiger partial charge on any atom is 0.286 e. The molecule has 0 aliphatic carbocycles. The summed E-state index contributed by atoms with van der Waals surface area (Å²) in [6.45, 7) is 2.69. The van der Waals surface area contributed by atoms with Crippen LogP contribution in [0.25, 0.3) is 0 Å². The van der Waals surface area contributed by atoms with Crippen molar-refractivity contribution in [3.05, 3.63) is 93.9 Å². The average Bonchev–Trinajstić information content (AvgIpc) is 3.47. The van der Waals surface area contributed by atoms with Gasteiger partial charge in [-0.1, -0.05) is 24.3 Å². The maximum absolute atomic E-state index is 13.1. The number of nitrogens with one attached hydrogen (secondary N) is 2. The second kappa shape index (κ2) is 13.2. The molecule has 0 spiro atoms. The molecule has 0 unspecified atom stereocenters. The molecule has 2 aromatic carbocycles. The molecule has 3 atom stereocenters. The number of aliphatic hydroxyl groups is 1. The van der Waals surface area contributed by atoms with Gasteiger partial charge in [-0.15, -0.1) is 0 Å². The number of allylic oxidation sites excluding steroid dienone is 1. The summed E-state index contributed by atoms with van der Waals surface area (Å²) in [6, 6.07) is 16.1. The number of anilines is 2. The molecule has 0 saturated carbocycles. The van der Waals surface area contributed by atoms with Gasteiger partial charge in [-0.25, -0.2) is 0 Å². The van der Waals surface area contributed by atoms with Crippen molar-refractivity contribution in [3.63, 3.8) is 0 Å². The highest BCUT2D eigenvalue weighted by Gasteiger charge is 2.37. The van der Waals surface area contributed by atoms with Gasteiger partial charge in [0, 0.05) is 37.2 Å². The fraction of sp³-hybridized carbons (Fsp3) is 0.310. The number of hydrogen-bond donors (Lipinski definition) is 4. The summed E-state index contributed by atoms with van der Waals surface area (Å²) in [7, 11) is 0. The van der Waals surface area contributed by atoms with Crippen LogP contribution < -0.4 is 16.4 Å². The van der Waals surface area contributed by atoms with E-state index in [1.807, 2.05) is 24.4 Å². The average molecular weight is 536 g/mol. The minimum Gasteiger partial charge on any atom is -0.459 e. The third-order valence-corrected chi connectivity index (χ3v) is 7.14. The summed E-state index contributed by atoms with van der Waals surface area (Å²) in [4.78, 5) is 25.7. The van der Waals surface area contributed by atoms with Crippen LogP contribution in [0.3, 0.4) is 0 Å². The van der Waals surface area contributed by atoms with E-state index in [4.69, 9.17) is 15.2 Å². The lowest BCUT2D eigenvalue weighted by Crippen LogP contribution is -2.38. The van der Waals surface area contributed by atoms with Crippen molar-refractivity contribution >= 4 is 34.5 Å². The van der Waals surface area contributed by atoms with Gasteiger partial charge >= 0.3 is 0 Å². The van der Waals surface area contributed by atoms with Crippen molar-refractivity contribution in [1.29, 1.82) is 0 Å². The van der Waals surface area contributed by atoms with Crippen molar-refractivity contribution in [2.45, 2.75) is 38.5 Å². The summed E-state index contributed by atoms with van der Waals surface area (Å²) in [5.74, 6) is -0.460. The smallest absolute Gasteiger partial charge is 0.286 e. The predicted molar refractivity (Wildman–Crippen MR) is 149 cm³/mol. The fourth-order valence-corrected chi connectivity index (χ4v) is 5.17. The van der Waals surface area contributed by atoms with Crippen LogP contribution in [0.4, 0.5) is 11.4 Å². The number of nitrogen functional groups attached to an aromatic ring is 1. The SMILES string of the molecule is CCO[C@@H]1OC(C(=O)NCc2ccc(C(=O)Nc3ccccc3N)cc2)=C[C@H](c2ccsc2)[C@@H]1CCCO. The van der Waals surface area contributed by atoms with Crippen molar-refractivity contribution < 1.29 is 24.2 Å². The van der Waals surface area contributed by atoms with Gasteiger partial charge in [0.2, 0.25) is 6.29 Å². The fourth-order valence-electron chi connectivity index (χ4n) is 4.46. The van der Waals surface area contributed by atoms with Crippen LogP contribution in [-0.4, -0.2) is 36.4 Å². The van der Waals surface area contributed by atoms with Gasteiger partial charge in [0.05, 0.1) is 11.4 Å². The molecule has 2 amide bonds. The first-order chi connectivity index (χ1) is 18.5. The number of para-hydroxylation sites is 2. The molecule has 0 bridgehead atoms. The molecule has 2 heterocycles. The Morgan fingerprint density at radius 1 is 1.11 bits per heavy atom. The van der Waals surface area contributed by atoms with Crippen LogP contribution >= 0.6 is 11.3 Å². The first kappa shape index (κ1) is 27.4. The van der Waals surface area contributed by atoms with Crippen molar-refractivity contribution in [3.8, 4) is 0 Å². The van der Waals surface area contributed by atoms with Crippen LogP contribution in [0.1, 0.15) is 47.2 Å². The van der Waals surface area contributed by atoms with Gasteiger partial charge in [-0.05, 0) is 78.1 Å². The number of benzene rings is 2. The second-order valence-electron chi connectivity index (χ2n) is 9.01. The first-order valence-electron chi connectivity index (χ1n) is 12.7. The zero-order chi connectivity index (χ0) is 26.9. The highest BCUT2D eigenvalue weighted by molar-refractivity contribution is 7.08. The van der Waals surface area contributed by atoms with Crippen molar-refractivity contribution in [2.75, 3.05) is 24.3 Å². The Morgan fingerprint density at radius 3 is 2.58 bits per heavy atom. The minimum atomic E-state index is -0.585. The Balaban J connectivity index is 1.41. The van der Waals surface area contributed by atoms with Crippen LogP contribution in [0.2, 0.25) is 0 Å². The molecular weight excluding hydrogens is 502 g/mol. The van der Waals surface area contributed by atoms with E-state index in [1.165, 1.54) is 0 Å². The van der Waals surface area contributed by atoms with Crippen LogP contribution in [-0.2, 0) is 20.8 Å². The molecule has 38 heavy (non-hydrogen) atoms. The highest BCUT2D eigenvalue weighted by atomic mass is 32.1. The van der Waals surface area contributed by atoms with Crippen LogP contribution in [0, 0.1) is 5.92 Å². The molecule has 0 fully saturated rings. The summed E-state index contributed by atoms with van der Waals surface area (Å²) in [6.07, 6.45) is 2.61. The van der Waals surface area contributed by atoms with E-state index in [0.29, 0.717) is 36.4 Å². The number of thiophene rings is 1. The molecule has 0 saturated heterocycles. The quantitative estimate of drug-likeness (QED) is 0.265. The van der Waals surface area contributed by atoms with Crippen molar-refractivity contribution in [1.82, 2.24) is 5.32 Å². The second-order valence-corrected chi connectivity index (χ2v) is 9.79. The van der Waals surface area contributed by atoms with Gasteiger partial charge in [-0.3, -0.25) is 9.59 Å². The third kappa shape index (κ3) is 6.80. The van der Waals surface area contributed by atoms with E-state index < -0.39 is 6.29 Å². The molecule has 3 aromatic rings. The normalized spacial score (nSPS) is 18.8. The molecule has 1 aromatic heterocycles. The molecule has 0 radical (unpaired) electrons. The topological polar surface area (TPSA) is 123 Å². The van der Waals surface area contributed by atoms with Crippen molar-refractivity contribution in [2.24, 2.45) is 5.92 Å². The van der Waals surface area contributed by atoms with Gasteiger partial charge in [0.1, 0.15) is 0 Å². The molecular formula is C29H33N3O5S. The maximum atomic E-state index is 13.1. The van der Waals surface area contributed by atoms with Crippen LogP contribution in [0.5, 0.6) is 0 Å². The summed E-state index contributed by atoms with van der Waals surface area (Å²) in [5.41, 5.74) is 9.37. The number of hydrogen-bond acceptors (Lipinski definition) is 7. The lowest BCUT2D eigenvalue weighted by atomic mass is 9.81. The predicted octanol–water partition coefficient (Wildman–Crippen LogP) is 4.65. The highest BCUT2D eigenvalue weighted by Crippen LogP contribution is 2.40. The molecule has 8 nitrogen and oxygen atoms in total. The minimum absolute atomic E-state index is 0.0156. The number of ether oxygens (including phenoxy) is 2. The Morgan fingerprint density at radius 2 is 1.89 bits per heavy atom. The van der Waals surface area contributed by atoms with E-state index in [9.17, 15) is 14.7 Å². The number of carbonyl (C=O) groups is 2. The van der Waals surface area contributed by atoms with E-state index in [2.05, 4.69) is 16.0 Å². The Kier molecular flexibility index (Phi) is 9.53. The number of carbonyl (C=O) groups excluding carboxylic acids is 2. The molecule has 1 aliphatic heterocycles. The standard InChI is InChI=1S/C29H33N3O5S/c1-2-36-29-22(6-5-14-33)23(21-13-15-38-18-21)16-26(37-29)28(35)31-17-19-9-11-20(12-10-19)27(34)32-25-8-4-3-7-24(25)30/h3-4,7-13,15-16,18,22-23,29,33H,2,5-6,14,17,30H2,1H3,(H,31,35)(H,32,34)/t22-,23+,29+/m0/s1. The van der Waals surface area contributed by atoms with Gasteiger partial charge in [0.25, 0.3) is 11.8 Å². The molecule has 9 heteroatoms. The largest absolute Gasteiger partial charge is 0.459 e. The molecule has 1 aliphatic rings. The molecule has 200 valence electrons. The van der Waals surface area contributed by atoms with E-state index >= 15 is 0 Å². The van der Waals surface area contributed by atoms with Gasteiger partial charge in [0.15, 0.2) is 5.76 Å². The third-order valence-electron chi connectivity index (χ3n) is 6.44. The molecule has 5 N–H and O–H groups in total. The summed E-state index contributed by atoms with van der Waals surface area (Å²) in [5, 5.41) is 19.2. The molecule has 4 rings (SSSR count). The Bertz CT molecular complexity index is 1240. The van der Waals surface area contributed by atoms with Gasteiger partial charge < -0.3 is 30.9 Å². The number of aliphatic hydroxyl groups excluding tert-OH is 1. The Labute approximate surface area is 226 Å². The summed E-state index contributed by atoms with van der Waals surface area (Å²) < 4.78 is 11.9. The summed E-state index contributed by atoms with van der Waals surface area (Å²) >= 11 is 1.60. The van der Waals surface area contributed by atoms with Crippen LogP contribution in [0.15, 0.2) is 77.2 Å². The number of nitrogens with two attached hydrogens (primary N) is 1. The van der Waals surface area contributed by atoms with E-state index in [-0.39, 0.29) is 42.6 Å².